The van der Waals surface area contributed by atoms with E-state index in [0.717, 1.165) is 0 Å². The zero-order valence-electron chi connectivity index (χ0n) is 18.0. The van der Waals surface area contributed by atoms with E-state index in [2.05, 4.69) is 15.4 Å². The van der Waals surface area contributed by atoms with Crippen molar-refractivity contribution in [3.63, 3.8) is 0 Å². The SMILES string of the molecule is COc1ccc(NS(=O)(=O)c2ccc(NC(=O)CCC(=O)O)cc2)c(NC(=O)CCC(=O)O)c1. The molecule has 2 aromatic carbocycles. The van der Waals surface area contributed by atoms with E-state index in [1.54, 1.807) is 0 Å². The highest BCUT2D eigenvalue weighted by molar-refractivity contribution is 7.92. The van der Waals surface area contributed by atoms with Crippen LogP contribution in [0.2, 0.25) is 0 Å². The lowest BCUT2D eigenvalue weighted by Crippen LogP contribution is -2.18. The number of amides is 2. The van der Waals surface area contributed by atoms with Crippen molar-refractivity contribution in [2.75, 3.05) is 22.5 Å². The number of carboxylic acids is 2. The summed E-state index contributed by atoms with van der Waals surface area (Å²) in [6, 6.07) is 9.40. The summed E-state index contributed by atoms with van der Waals surface area (Å²) in [7, 11) is -2.72. The van der Waals surface area contributed by atoms with Gasteiger partial charge in [-0.25, -0.2) is 8.42 Å². The quantitative estimate of drug-likeness (QED) is 0.295. The van der Waals surface area contributed by atoms with Crippen LogP contribution in [0.3, 0.4) is 0 Å². The third kappa shape index (κ3) is 8.09. The van der Waals surface area contributed by atoms with Crippen molar-refractivity contribution in [1.82, 2.24) is 0 Å². The molecule has 34 heavy (non-hydrogen) atoms. The van der Waals surface area contributed by atoms with Gasteiger partial charge in [0.05, 0.1) is 36.2 Å². The van der Waals surface area contributed by atoms with Crippen LogP contribution in [0.1, 0.15) is 25.7 Å². The number of benzene rings is 2. The molecule has 0 aliphatic carbocycles. The molecule has 2 amide bonds. The Labute approximate surface area is 195 Å². The normalized spacial score (nSPS) is 10.7. The number of carbonyl (C=O) groups is 4. The van der Waals surface area contributed by atoms with Crippen LogP contribution in [0.5, 0.6) is 5.75 Å². The molecule has 2 aromatic rings. The summed E-state index contributed by atoms with van der Waals surface area (Å²) in [4.78, 5) is 44.8. The van der Waals surface area contributed by atoms with Gasteiger partial charge in [0.1, 0.15) is 5.75 Å². The predicted octanol–water partition coefficient (Wildman–Crippen LogP) is 2.10. The van der Waals surface area contributed by atoms with E-state index in [1.165, 1.54) is 49.6 Å². The highest BCUT2D eigenvalue weighted by Crippen LogP contribution is 2.29. The number of rotatable bonds is 12. The molecule has 0 spiro atoms. The van der Waals surface area contributed by atoms with Gasteiger partial charge in [-0.05, 0) is 36.4 Å². The van der Waals surface area contributed by atoms with E-state index in [1.807, 2.05) is 0 Å². The zero-order chi connectivity index (χ0) is 25.3. The first-order valence-electron chi connectivity index (χ1n) is 9.84. The number of carboxylic acid groups (broad SMARTS) is 2. The van der Waals surface area contributed by atoms with Crippen molar-refractivity contribution in [2.45, 2.75) is 30.6 Å². The summed E-state index contributed by atoms with van der Waals surface area (Å²) in [5.74, 6) is -3.09. The Kier molecular flexibility index (Phi) is 8.95. The highest BCUT2D eigenvalue weighted by atomic mass is 32.2. The highest BCUT2D eigenvalue weighted by Gasteiger charge is 2.18. The van der Waals surface area contributed by atoms with Gasteiger partial charge in [0, 0.05) is 24.6 Å². The summed E-state index contributed by atoms with van der Waals surface area (Å²) >= 11 is 0. The van der Waals surface area contributed by atoms with Gasteiger partial charge in [0.15, 0.2) is 0 Å². The van der Waals surface area contributed by atoms with Crippen molar-refractivity contribution in [1.29, 1.82) is 0 Å². The minimum Gasteiger partial charge on any atom is -0.497 e. The van der Waals surface area contributed by atoms with Crippen molar-refractivity contribution in [2.24, 2.45) is 0 Å². The molecule has 0 radical (unpaired) electrons. The van der Waals surface area contributed by atoms with Gasteiger partial charge in [0.25, 0.3) is 10.0 Å². The summed E-state index contributed by atoms with van der Waals surface area (Å²) in [6.45, 7) is 0. The molecule has 0 saturated heterocycles. The summed E-state index contributed by atoms with van der Waals surface area (Å²) in [5.41, 5.74) is 0.376. The van der Waals surface area contributed by atoms with E-state index < -0.39 is 40.2 Å². The van der Waals surface area contributed by atoms with E-state index in [0.29, 0.717) is 5.75 Å². The minimum absolute atomic E-state index is 0.0236. The van der Waals surface area contributed by atoms with Crippen molar-refractivity contribution < 1.29 is 42.5 Å². The fraction of sp³-hybridized carbons (Fsp3) is 0.238. The molecular formula is C21H23N3O9S. The maximum Gasteiger partial charge on any atom is 0.303 e. The van der Waals surface area contributed by atoms with E-state index in [-0.39, 0.29) is 41.2 Å². The molecule has 0 fully saturated rings. The van der Waals surface area contributed by atoms with Gasteiger partial charge in [-0.15, -0.1) is 0 Å². The lowest BCUT2D eigenvalue weighted by atomic mass is 10.2. The number of ether oxygens (including phenoxy) is 1. The summed E-state index contributed by atoms with van der Waals surface area (Å²) in [6.07, 6.45) is -1.26. The fourth-order valence-electron chi connectivity index (χ4n) is 2.64. The number of carbonyl (C=O) groups excluding carboxylic acids is 2. The van der Waals surface area contributed by atoms with Crippen LogP contribution in [0.15, 0.2) is 47.4 Å². The van der Waals surface area contributed by atoms with Gasteiger partial charge < -0.3 is 25.6 Å². The van der Waals surface area contributed by atoms with Crippen molar-refractivity contribution in [3.8, 4) is 5.75 Å². The molecule has 0 bridgehead atoms. The van der Waals surface area contributed by atoms with Crippen LogP contribution in [0.25, 0.3) is 0 Å². The molecule has 2 rings (SSSR count). The molecule has 0 aromatic heterocycles. The average Bonchev–Trinajstić information content (AvgIpc) is 2.77. The van der Waals surface area contributed by atoms with Gasteiger partial charge >= 0.3 is 11.9 Å². The lowest BCUT2D eigenvalue weighted by molar-refractivity contribution is -0.138. The number of methoxy groups -OCH3 is 1. The predicted molar refractivity (Wildman–Crippen MR) is 121 cm³/mol. The molecule has 0 saturated carbocycles. The van der Waals surface area contributed by atoms with Gasteiger partial charge in [-0.2, -0.15) is 0 Å². The van der Waals surface area contributed by atoms with E-state index in [4.69, 9.17) is 14.9 Å². The number of sulfonamides is 1. The van der Waals surface area contributed by atoms with Crippen LogP contribution in [-0.4, -0.2) is 49.5 Å². The molecule has 0 heterocycles. The van der Waals surface area contributed by atoms with Crippen LogP contribution in [0, 0.1) is 0 Å². The molecule has 182 valence electrons. The largest absolute Gasteiger partial charge is 0.497 e. The van der Waals surface area contributed by atoms with Crippen molar-refractivity contribution in [3.05, 3.63) is 42.5 Å². The molecule has 13 heteroatoms. The Morgan fingerprint density at radius 1 is 0.794 bits per heavy atom. The number of hydrogen-bond acceptors (Lipinski definition) is 7. The first-order chi connectivity index (χ1) is 16.0. The van der Waals surface area contributed by atoms with Crippen molar-refractivity contribution >= 4 is 50.8 Å². The molecule has 12 nitrogen and oxygen atoms in total. The van der Waals surface area contributed by atoms with E-state index in [9.17, 15) is 27.6 Å². The average molecular weight is 493 g/mol. The molecule has 0 aliphatic heterocycles. The number of anilines is 3. The third-order valence-electron chi connectivity index (χ3n) is 4.33. The second-order valence-electron chi connectivity index (χ2n) is 6.93. The Morgan fingerprint density at radius 2 is 1.35 bits per heavy atom. The van der Waals surface area contributed by atoms with Crippen LogP contribution in [0.4, 0.5) is 17.1 Å². The second-order valence-corrected chi connectivity index (χ2v) is 8.61. The molecule has 5 N–H and O–H groups in total. The number of aliphatic carboxylic acids is 2. The maximum atomic E-state index is 12.8. The zero-order valence-corrected chi connectivity index (χ0v) is 18.8. The molecular weight excluding hydrogens is 470 g/mol. The Hall–Kier alpha value is -4.13. The summed E-state index contributed by atoms with van der Waals surface area (Å²) in [5, 5.41) is 22.3. The van der Waals surface area contributed by atoms with Gasteiger partial charge in [0.2, 0.25) is 11.8 Å². The second kappa shape index (κ2) is 11.7. The van der Waals surface area contributed by atoms with E-state index >= 15 is 0 Å². The van der Waals surface area contributed by atoms with Gasteiger partial charge in [-0.3, -0.25) is 23.9 Å². The van der Waals surface area contributed by atoms with Crippen LogP contribution in [-0.2, 0) is 29.2 Å². The Morgan fingerprint density at radius 3 is 1.88 bits per heavy atom. The monoisotopic (exact) mass is 493 g/mol. The molecule has 0 aliphatic rings. The minimum atomic E-state index is -4.11. The molecule has 0 unspecified atom stereocenters. The Balaban J connectivity index is 2.17. The molecule has 0 atom stereocenters. The Bertz CT molecular complexity index is 1180. The first kappa shape index (κ1) is 26.1. The summed E-state index contributed by atoms with van der Waals surface area (Å²) < 4.78 is 33.1. The smallest absolute Gasteiger partial charge is 0.303 e. The van der Waals surface area contributed by atoms with Gasteiger partial charge in [-0.1, -0.05) is 0 Å². The lowest BCUT2D eigenvalue weighted by Gasteiger charge is -2.15. The third-order valence-corrected chi connectivity index (χ3v) is 5.71. The first-order valence-corrected chi connectivity index (χ1v) is 11.3. The van der Waals surface area contributed by atoms with Crippen LogP contribution < -0.4 is 20.1 Å². The fourth-order valence-corrected chi connectivity index (χ4v) is 3.72. The number of hydrogen-bond donors (Lipinski definition) is 5. The van der Waals surface area contributed by atoms with Crippen LogP contribution >= 0.6 is 0 Å². The number of nitrogens with one attached hydrogen (secondary N) is 3. The topological polar surface area (TPSA) is 188 Å². The standard InChI is InChI=1S/C21H23N3O9S/c1-33-14-4-7-16(17(12-14)23-19(26)9-11-21(29)30)24-34(31,32)15-5-2-13(3-6-15)22-18(25)8-10-20(27)28/h2-7,12,24H,8-11H2,1H3,(H,22,25)(H,23,26)(H,27,28)(H,29,30). The maximum absolute atomic E-state index is 12.8.